The number of amides is 2. The van der Waals surface area contributed by atoms with Gasteiger partial charge in [0.2, 0.25) is 5.91 Å². The maximum Gasteiger partial charge on any atom is 0.267 e. The molecule has 0 saturated heterocycles. The molecule has 1 aliphatic rings. The molecule has 5 heteroatoms. The van der Waals surface area contributed by atoms with Gasteiger partial charge in [-0.3, -0.25) is 9.59 Å². The van der Waals surface area contributed by atoms with Gasteiger partial charge in [-0.2, -0.15) is 5.10 Å². The zero-order valence-corrected chi connectivity index (χ0v) is 11.6. The number of nitrogens with one attached hydrogen (secondary N) is 2. The first-order valence-electron chi connectivity index (χ1n) is 6.90. The Hall–Kier alpha value is -2.17. The fraction of sp³-hybridized carbons (Fsp3) is 0.400. The molecule has 0 unspecified atom stereocenters. The van der Waals surface area contributed by atoms with E-state index in [9.17, 15) is 9.59 Å². The van der Waals surface area contributed by atoms with Crippen LogP contribution < -0.4 is 10.7 Å². The van der Waals surface area contributed by atoms with Gasteiger partial charge in [0.25, 0.3) is 5.91 Å². The van der Waals surface area contributed by atoms with Crippen molar-refractivity contribution in [3.63, 3.8) is 0 Å². The minimum Gasteiger partial charge on any atom is -0.351 e. The molecule has 0 saturated carbocycles. The van der Waals surface area contributed by atoms with Crippen molar-refractivity contribution in [1.29, 1.82) is 0 Å². The van der Waals surface area contributed by atoms with Crippen LogP contribution in [0.2, 0.25) is 0 Å². The number of hydrazone groups is 1. The number of aryl methyl sites for hydroxylation is 1. The van der Waals surface area contributed by atoms with Crippen LogP contribution in [0, 0.1) is 0 Å². The Kier molecular flexibility index (Phi) is 4.87. The summed E-state index contributed by atoms with van der Waals surface area (Å²) in [6.45, 7) is 2.69. The normalized spacial score (nSPS) is 14.4. The van der Waals surface area contributed by atoms with Crippen LogP contribution in [0.3, 0.4) is 0 Å². The third kappa shape index (κ3) is 3.91. The van der Waals surface area contributed by atoms with Crippen molar-refractivity contribution in [3.8, 4) is 0 Å². The summed E-state index contributed by atoms with van der Waals surface area (Å²) in [5.74, 6) is -0.340. The molecule has 0 aliphatic carbocycles. The molecule has 5 nitrogen and oxygen atoms in total. The van der Waals surface area contributed by atoms with E-state index in [0.29, 0.717) is 25.1 Å². The molecule has 1 aliphatic heterocycles. The third-order valence-electron chi connectivity index (χ3n) is 3.30. The average Bonchev–Trinajstić information content (AvgIpc) is 2.48. The van der Waals surface area contributed by atoms with Crippen LogP contribution in [0.5, 0.6) is 0 Å². The van der Waals surface area contributed by atoms with Gasteiger partial charge in [0.1, 0.15) is 5.71 Å². The zero-order chi connectivity index (χ0) is 14.4. The molecule has 106 valence electrons. The molecule has 1 heterocycles. The molecule has 1 aromatic carbocycles. The Morgan fingerprint density at radius 1 is 1.25 bits per heavy atom. The van der Waals surface area contributed by atoms with Crippen LogP contribution in [0.4, 0.5) is 0 Å². The van der Waals surface area contributed by atoms with Crippen LogP contribution >= 0.6 is 0 Å². The molecule has 0 spiro atoms. The lowest BCUT2D eigenvalue weighted by molar-refractivity contribution is -0.121. The smallest absolute Gasteiger partial charge is 0.267 e. The van der Waals surface area contributed by atoms with E-state index >= 15 is 0 Å². The number of nitrogens with zero attached hydrogens (tertiary/aromatic N) is 1. The molecule has 0 fully saturated rings. The summed E-state index contributed by atoms with van der Waals surface area (Å²) >= 11 is 0. The van der Waals surface area contributed by atoms with Gasteiger partial charge in [-0.15, -0.1) is 0 Å². The van der Waals surface area contributed by atoms with Crippen molar-refractivity contribution in [1.82, 2.24) is 10.7 Å². The highest BCUT2D eigenvalue weighted by Crippen LogP contribution is 2.05. The topological polar surface area (TPSA) is 70.6 Å². The number of rotatable bonds is 5. The Balaban J connectivity index is 1.77. The van der Waals surface area contributed by atoms with E-state index in [4.69, 9.17) is 0 Å². The summed E-state index contributed by atoms with van der Waals surface area (Å²) in [6.07, 6.45) is 2.55. The Labute approximate surface area is 118 Å². The van der Waals surface area contributed by atoms with E-state index in [1.807, 2.05) is 0 Å². The van der Waals surface area contributed by atoms with Gasteiger partial charge < -0.3 is 5.32 Å². The largest absolute Gasteiger partial charge is 0.351 e. The molecule has 0 atom stereocenters. The second-order valence-corrected chi connectivity index (χ2v) is 4.77. The summed E-state index contributed by atoms with van der Waals surface area (Å²) in [7, 11) is 0. The van der Waals surface area contributed by atoms with Crippen LogP contribution in [0.25, 0.3) is 0 Å². The summed E-state index contributed by atoms with van der Waals surface area (Å²) < 4.78 is 0. The van der Waals surface area contributed by atoms with E-state index in [2.05, 4.69) is 47.0 Å². The quantitative estimate of drug-likeness (QED) is 0.845. The fourth-order valence-corrected chi connectivity index (χ4v) is 2.00. The van der Waals surface area contributed by atoms with Gasteiger partial charge in [-0.05, 0) is 24.0 Å². The minimum atomic E-state index is -0.199. The molecule has 0 aromatic heterocycles. The first-order chi connectivity index (χ1) is 9.69. The van der Waals surface area contributed by atoms with Crippen molar-refractivity contribution in [2.24, 2.45) is 5.10 Å². The molecule has 20 heavy (non-hydrogen) atoms. The maximum absolute atomic E-state index is 11.8. The molecule has 0 radical (unpaired) electrons. The lowest BCUT2D eigenvalue weighted by atomic mass is 10.1. The van der Waals surface area contributed by atoms with E-state index in [0.717, 1.165) is 12.8 Å². The standard InChI is InChI=1S/C15H19N3O2/c1-2-11-3-5-12(6-4-11)9-10-16-15(20)13-7-8-14(19)18-17-13/h3-6H,2,7-10H2,1H3,(H,16,20)(H,18,19). The first-order valence-corrected chi connectivity index (χ1v) is 6.90. The number of carbonyl (C=O) groups is 2. The first kappa shape index (κ1) is 14.2. The highest BCUT2D eigenvalue weighted by atomic mass is 16.2. The van der Waals surface area contributed by atoms with Crippen molar-refractivity contribution in [2.45, 2.75) is 32.6 Å². The second kappa shape index (κ2) is 6.84. The minimum absolute atomic E-state index is 0.141. The van der Waals surface area contributed by atoms with Crippen molar-refractivity contribution >= 4 is 17.5 Å². The van der Waals surface area contributed by atoms with E-state index in [1.54, 1.807) is 0 Å². The predicted molar refractivity (Wildman–Crippen MR) is 77.3 cm³/mol. The van der Waals surface area contributed by atoms with Gasteiger partial charge >= 0.3 is 0 Å². The molecular weight excluding hydrogens is 254 g/mol. The van der Waals surface area contributed by atoms with Crippen molar-refractivity contribution in [3.05, 3.63) is 35.4 Å². The lowest BCUT2D eigenvalue weighted by Gasteiger charge is -2.12. The summed E-state index contributed by atoms with van der Waals surface area (Å²) in [4.78, 5) is 22.7. The monoisotopic (exact) mass is 273 g/mol. The molecular formula is C15H19N3O2. The van der Waals surface area contributed by atoms with Crippen molar-refractivity contribution in [2.75, 3.05) is 6.54 Å². The van der Waals surface area contributed by atoms with E-state index in [1.165, 1.54) is 11.1 Å². The predicted octanol–water partition coefficient (Wildman–Crippen LogP) is 1.17. The number of hydrogen-bond donors (Lipinski definition) is 2. The van der Waals surface area contributed by atoms with Gasteiger partial charge in [0, 0.05) is 19.4 Å². The van der Waals surface area contributed by atoms with Crippen LogP contribution in [-0.2, 0) is 22.4 Å². The maximum atomic E-state index is 11.8. The summed E-state index contributed by atoms with van der Waals surface area (Å²) in [5.41, 5.74) is 5.22. The molecule has 2 N–H and O–H groups in total. The molecule has 2 amide bonds. The van der Waals surface area contributed by atoms with Gasteiger partial charge in [-0.1, -0.05) is 31.2 Å². The number of carbonyl (C=O) groups excluding carboxylic acids is 2. The molecule has 1 aromatic rings. The zero-order valence-electron chi connectivity index (χ0n) is 11.6. The highest BCUT2D eigenvalue weighted by molar-refractivity contribution is 6.39. The number of hydrogen-bond acceptors (Lipinski definition) is 3. The summed E-state index contributed by atoms with van der Waals surface area (Å²) in [5, 5.41) is 6.59. The van der Waals surface area contributed by atoms with Gasteiger partial charge in [0.15, 0.2) is 0 Å². The highest BCUT2D eigenvalue weighted by Gasteiger charge is 2.17. The van der Waals surface area contributed by atoms with Crippen LogP contribution in [0.1, 0.15) is 30.9 Å². The van der Waals surface area contributed by atoms with Crippen LogP contribution in [-0.4, -0.2) is 24.1 Å². The van der Waals surface area contributed by atoms with Crippen LogP contribution in [0.15, 0.2) is 29.4 Å². The molecule has 2 rings (SSSR count). The number of benzene rings is 1. The van der Waals surface area contributed by atoms with E-state index in [-0.39, 0.29) is 11.8 Å². The Morgan fingerprint density at radius 3 is 2.55 bits per heavy atom. The van der Waals surface area contributed by atoms with Crippen molar-refractivity contribution < 1.29 is 9.59 Å². The molecule has 0 bridgehead atoms. The fourth-order valence-electron chi connectivity index (χ4n) is 2.00. The second-order valence-electron chi connectivity index (χ2n) is 4.77. The lowest BCUT2D eigenvalue weighted by Crippen LogP contribution is -2.37. The van der Waals surface area contributed by atoms with E-state index < -0.39 is 0 Å². The summed E-state index contributed by atoms with van der Waals surface area (Å²) in [6, 6.07) is 8.39. The SMILES string of the molecule is CCc1ccc(CCNC(=O)C2=NNC(=O)CC2)cc1. The van der Waals surface area contributed by atoms with Gasteiger partial charge in [-0.25, -0.2) is 5.43 Å². The average molecular weight is 273 g/mol. The third-order valence-corrected chi connectivity index (χ3v) is 3.30. The Morgan fingerprint density at radius 2 is 1.95 bits per heavy atom. The Bertz CT molecular complexity index is 520. The van der Waals surface area contributed by atoms with Gasteiger partial charge in [0.05, 0.1) is 0 Å².